The molecule has 1 aromatic carbocycles. The maximum Gasteiger partial charge on any atom is 0.240 e. The average molecular weight is 318 g/mol. The minimum absolute atomic E-state index is 0.0123. The summed E-state index contributed by atoms with van der Waals surface area (Å²) in [6.45, 7) is 4.39. The Morgan fingerprint density at radius 1 is 1.45 bits per heavy atom. The van der Waals surface area contributed by atoms with Gasteiger partial charge in [0.25, 0.3) is 0 Å². The SMILES string of the molecule is CC(N)C1CCN(CC(=O)Nc2nc3ccccc3s2)CC1. The monoisotopic (exact) mass is 318 g/mol. The maximum atomic E-state index is 12.2. The van der Waals surface area contributed by atoms with Crippen molar-refractivity contribution in [1.29, 1.82) is 0 Å². The van der Waals surface area contributed by atoms with E-state index in [2.05, 4.69) is 22.1 Å². The van der Waals surface area contributed by atoms with Gasteiger partial charge in [-0.3, -0.25) is 9.69 Å². The summed E-state index contributed by atoms with van der Waals surface area (Å²) in [5.41, 5.74) is 6.88. The van der Waals surface area contributed by atoms with Gasteiger partial charge in [0.1, 0.15) is 0 Å². The summed E-state index contributed by atoms with van der Waals surface area (Å²) in [4.78, 5) is 18.8. The summed E-state index contributed by atoms with van der Waals surface area (Å²) < 4.78 is 1.09. The lowest BCUT2D eigenvalue weighted by molar-refractivity contribution is -0.117. The highest BCUT2D eigenvalue weighted by Gasteiger charge is 2.23. The molecule has 3 N–H and O–H groups in total. The number of carbonyl (C=O) groups excluding carboxylic acids is 1. The van der Waals surface area contributed by atoms with Gasteiger partial charge in [0.05, 0.1) is 16.8 Å². The van der Waals surface area contributed by atoms with Gasteiger partial charge in [0.2, 0.25) is 5.91 Å². The normalized spacial score (nSPS) is 18.5. The van der Waals surface area contributed by atoms with Crippen molar-refractivity contribution < 1.29 is 4.79 Å². The second-order valence-corrected chi connectivity index (χ2v) is 7.04. The van der Waals surface area contributed by atoms with Gasteiger partial charge in [-0.2, -0.15) is 0 Å². The van der Waals surface area contributed by atoms with Crippen LogP contribution in [0.2, 0.25) is 0 Å². The van der Waals surface area contributed by atoms with E-state index in [1.54, 1.807) is 0 Å². The van der Waals surface area contributed by atoms with Crippen molar-refractivity contribution in [3.05, 3.63) is 24.3 Å². The molecule has 118 valence electrons. The number of hydrogen-bond acceptors (Lipinski definition) is 5. The number of nitrogens with one attached hydrogen (secondary N) is 1. The van der Waals surface area contributed by atoms with Crippen molar-refractivity contribution in [2.24, 2.45) is 11.7 Å². The summed E-state index contributed by atoms with van der Waals surface area (Å²) >= 11 is 1.51. The number of hydrogen-bond donors (Lipinski definition) is 2. The van der Waals surface area contributed by atoms with Gasteiger partial charge in [-0.05, 0) is 50.9 Å². The number of thiazole rings is 1. The molecule has 1 saturated heterocycles. The van der Waals surface area contributed by atoms with Crippen LogP contribution in [0.15, 0.2) is 24.3 Å². The number of carbonyl (C=O) groups is 1. The Kier molecular flexibility index (Phi) is 4.71. The zero-order valence-electron chi connectivity index (χ0n) is 12.8. The Bertz CT molecular complexity index is 613. The third-order valence-electron chi connectivity index (χ3n) is 4.28. The minimum Gasteiger partial charge on any atom is -0.328 e. The summed E-state index contributed by atoms with van der Waals surface area (Å²) in [6, 6.07) is 8.16. The smallest absolute Gasteiger partial charge is 0.240 e. The minimum atomic E-state index is 0.0123. The second kappa shape index (κ2) is 6.73. The van der Waals surface area contributed by atoms with E-state index >= 15 is 0 Å². The van der Waals surface area contributed by atoms with Gasteiger partial charge < -0.3 is 11.1 Å². The van der Waals surface area contributed by atoms with E-state index in [9.17, 15) is 4.79 Å². The fourth-order valence-corrected chi connectivity index (χ4v) is 3.81. The van der Waals surface area contributed by atoms with Crippen LogP contribution in [0, 0.1) is 5.92 Å². The van der Waals surface area contributed by atoms with E-state index in [1.807, 2.05) is 24.3 Å². The predicted octanol–water partition coefficient (Wildman–Crippen LogP) is 2.29. The Balaban J connectivity index is 1.52. The van der Waals surface area contributed by atoms with Crippen molar-refractivity contribution in [2.75, 3.05) is 25.0 Å². The van der Waals surface area contributed by atoms with E-state index in [-0.39, 0.29) is 11.9 Å². The van der Waals surface area contributed by atoms with E-state index in [0.717, 1.165) is 36.1 Å². The quantitative estimate of drug-likeness (QED) is 0.907. The first-order valence-corrected chi connectivity index (χ1v) is 8.57. The molecule has 0 saturated carbocycles. The van der Waals surface area contributed by atoms with Crippen molar-refractivity contribution >= 4 is 32.6 Å². The number of anilines is 1. The molecular weight excluding hydrogens is 296 g/mol. The highest BCUT2D eigenvalue weighted by Crippen LogP contribution is 2.25. The van der Waals surface area contributed by atoms with Crippen LogP contribution in [0.25, 0.3) is 10.2 Å². The summed E-state index contributed by atoms with van der Waals surface area (Å²) in [6.07, 6.45) is 2.15. The van der Waals surface area contributed by atoms with Crippen molar-refractivity contribution in [1.82, 2.24) is 9.88 Å². The molecular formula is C16H22N4OS. The van der Waals surface area contributed by atoms with E-state index in [1.165, 1.54) is 11.3 Å². The number of fused-ring (bicyclic) bond motifs is 1. The Morgan fingerprint density at radius 2 is 2.18 bits per heavy atom. The van der Waals surface area contributed by atoms with Crippen LogP contribution in [-0.2, 0) is 4.79 Å². The Labute approximate surface area is 134 Å². The molecule has 0 bridgehead atoms. The van der Waals surface area contributed by atoms with Gasteiger partial charge in [-0.15, -0.1) is 0 Å². The van der Waals surface area contributed by atoms with Gasteiger partial charge >= 0.3 is 0 Å². The number of para-hydroxylation sites is 1. The fourth-order valence-electron chi connectivity index (χ4n) is 2.92. The molecule has 6 heteroatoms. The number of nitrogens with two attached hydrogens (primary N) is 1. The molecule has 3 rings (SSSR count). The lowest BCUT2D eigenvalue weighted by atomic mass is 9.91. The first-order chi connectivity index (χ1) is 10.6. The molecule has 1 amide bonds. The summed E-state index contributed by atoms with van der Waals surface area (Å²) in [5.74, 6) is 0.599. The number of benzene rings is 1. The standard InChI is InChI=1S/C16H22N4OS/c1-11(17)12-6-8-20(9-7-12)10-15(21)19-16-18-13-4-2-3-5-14(13)22-16/h2-5,11-12H,6-10,17H2,1H3,(H,18,19,21). The molecule has 1 fully saturated rings. The van der Waals surface area contributed by atoms with Crippen molar-refractivity contribution in [3.63, 3.8) is 0 Å². The predicted molar refractivity (Wildman–Crippen MR) is 91.1 cm³/mol. The van der Waals surface area contributed by atoms with Crippen molar-refractivity contribution in [3.8, 4) is 0 Å². The number of rotatable bonds is 4. The van der Waals surface area contributed by atoms with Crippen LogP contribution in [0.3, 0.4) is 0 Å². The second-order valence-electron chi connectivity index (χ2n) is 6.01. The molecule has 1 aromatic heterocycles. The molecule has 0 spiro atoms. The summed E-state index contributed by atoms with van der Waals surface area (Å²) in [5, 5.41) is 3.59. The number of amides is 1. The first kappa shape index (κ1) is 15.4. The molecule has 2 heterocycles. The average Bonchev–Trinajstić information content (AvgIpc) is 2.89. The van der Waals surface area contributed by atoms with Crippen LogP contribution in [0.4, 0.5) is 5.13 Å². The zero-order chi connectivity index (χ0) is 15.5. The fraction of sp³-hybridized carbons (Fsp3) is 0.500. The van der Waals surface area contributed by atoms with E-state index in [4.69, 9.17) is 5.73 Å². The van der Waals surface area contributed by atoms with Crippen molar-refractivity contribution in [2.45, 2.75) is 25.8 Å². The van der Waals surface area contributed by atoms with Gasteiger partial charge in [-0.25, -0.2) is 4.98 Å². The third-order valence-corrected chi connectivity index (χ3v) is 5.24. The Hall–Kier alpha value is -1.50. The van der Waals surface area contributed by atoms with Crippen LogP contribution in [0.5, 0.6) is 0 Å². The number of nitrogens with zero attached hydrogens (tertiary/aromatic N) is 2. The molecule has 22 heavy (non-hydrogen) atoms. The lowest BCUT2D eigenvalue weighted by Crippen LogP contribution is -2.42. The molecule has 1 aliphatic rings. The topological polar surface area (TPSA) is 71.2 Å². The number of piperidine rings is 1. The van der Waals surface area contributed by atoms with E-state index in [0.29, 0.717) is 17.6 Å². The first-order valence-electron chi connectivity index (χ1n) is 7.75. The molecule has 1 unspecified atom stereocenters. The zero-order valence-corrected chi connectivity index (χ0v) is 13.6. The molecule has 5 nitrogen and oxygen atoms in total. The third kappa shape index (κ3) is 3.63. The molecule has 2 aromatic rings. The molecule has 1 aliphatic heterocycles. The number of aromatic nitrogens is 1. The highest BCUT2D eigenvalue weighted by molar-refractivity contribution is 7.22. The van der Waals surface area contributed by atoms with Crippen LogP contribution >= 0.6 is 11.3 Å². The van der Waals surface area contributed by atoms with Gasteiger partial charge in [0, 0.05) is 6.04 Å². The molecule has 0 radical (unpaired) electrons. The van der Waals surface area contributed by atoms with Gasteiger partial charge in [0.15, 0.2) is 5.13 Å². The van der Waals surface area contributed by atoms with Crippen LogP contribution in [0.1, 0.15) is 19.8 Å². The van der Waals surface area contributed by atoms with Gasteiger partial charge in [-0.1, -0.05) is 23.5 Å². The highest BCUT2D eigenvalue weighted by atomic mass is 32.1. The molecule has 1 atom stereocenters. The lowest BCUT2D eigenvalue weighted by Gasteiger charge is -2.33. The molecule has 0 aliphatic carbocycles. The van der Waals surface area contributed by atoms with E-state index < -0.39 is 0 Å². The van der Waals surface area contributed by atoms with Crippen LogP contribution < -0.4 is 11.1 Å². The Morgan fingerprint density at radius 3 is 2.86 bits per heavy atom. The largest absolute Gasteiger partial charge is 0.328 e. The van der Waals surface area contributed by atoms with Crippen LogP contribution in [-0.4, -0.2) is 41.5 Å². The number of likely N-dealkylation sites (tertiary alicyclic amines) is 1. The maximum absolute atomic E-state index is 12.2. The summed E-state index contributed by atoms with van der Waals surface area (Å²) in [7, 11) is 0.